The highest BCUT2D eigenvalue weighted by Gasteiger charge is 2.24. The van der Waals surface area contributed by atoms with Gasteiger partial charge in [0.2, 0.25) is 0 Å². The van der Waals surface area contributed by atoms with E-state index in [1.165, 1.54) is 0 Å². The number of carboxylic acids is 1. The van der Waals surface area contributed by atoms with Crippen LogP contribution in [0.1, 0.15) is 38.8 Å². The molecule has 0 bridgehead atoms. The Morgan fingerprint density at radius 1 is 1.37 bits per heavy atom. The molecule has 2 unspecified atom stereocenters. The molecule has 19 heavy (non-hydrogen) atoms. The normalized spacial score (nSPS) is 14.4. The van der Waals surface area contributed by atoms with E-state index in [0.29, 0.717) is 10.0 Å². The fourth-order valence-electron chi connectivity index (χ4n) is 2.08. The molecule has 0 amide bonds. The molecule has 0 saturated heterocycles. The lowest BCUT2D eigenvalue weighted by Gasteiger charge is -2.33. The van der Waals surface area contributed by atoms with E-state index in [-0.39, 0.29) is 18.6 Å². The highest BCUT2D eigenvalue weighted by atomic mass is 35.5. The molecule has 5 heteroatoms. The highest BCUT2D eigenvalue weighted by Crippen LogP contribution is 2.31. The van der Waals surface area contributed by atoms with Crippen molar-refractivity contribution in [2.75, 3.05) is 6.54 Å². The topological polar surface area (TPSA) is 40.5 Å². The molecule has 0 heterocycles. The fraction of sp³-hybridized carbons (Fsp3) is 0.500. The quantitative estimate of drug-likeness (QED) is 0.854. The van der Waals surface area contributed by atoms with E-state index in [9.17, 15) is 4.79 Å². The molecule has 0 aliphatic carbocycles. The third-order valence-electron chi connectivity index (χ3n) is 3.38. The smallest absolute Gasteiger partial charge is 0.317 e. The summed E-state index contributed by atoms with van der Waals surface area (Å²) in [4.78, 5) is 12.9. The van der Waals surface area contributed by atoms with E-state index in [2.05, 4.69) is 0 Å². The van der Waals surface area contributed by atoms with Crippen molar-refractivity contribution in [3.63, 3.8) is 0 Å². The molecule has 0 fully saturated rings. The van der Waals surface area contributed by atoms with Gasteiger partial charge in [-0.25, -0.2) is 0 Å². The molecule has 1 rings (SSSR count). The summed E-state index contributed by atoms with van der Waals surface area (Å²) in [5.41, 5.74) is 0.896. The molecule has 106 valence electrons. The largest absolute Gasteiger partial charge is 0.480 e. The van der Waals surface area contributed by atoms with Crippen LogP contribution in [-0.4, -0.2) is 28.6 Å². The van der Waals surface area contributed by atoms with Crippen LogP contribution in [0.15, 0.2) is 18.2 Å². The molecular formula is C14H19Cl2NO2. The Balaban J connectivity index is 3.03. The third kappa shape index (κ3) is 4.37. The minimum Gasteiger partial charge on any atom is -0.480 e. The number of hydrogen-bond donors (Lipinski definition) is 1. The lowest BCUT2D eigenvalue weighted by molar-refractivity contribution is -0.139. The number of halogens is 2. The molecule has 0 spiro atoms. The number of nitrogens with zero attached hydrogens (tertiary/aromatic N) is 1. The van der Waals surface area contributed by atoms with Crippen LogP contribution in [0.2, 0.25) is 10.0 Å². The summed E-state index contributed by atoms with van der Waals surface area (Å²) in [7, 11) is 0. The van der Waals surface area contributed by atoms with Gasteiger partial charge in [-0.05, 0) is 38.0 Å². The van der Waals surface area contributed by atoms with Crippen molar-refractivity contribution in [2.45, 2.75) is 39.3 Å². The fourth-order valence-corrected chi connectivity index (χ4v) is 2.65. The number of carbonyl (C=O) groups is 1. The van der Waals surface area contributed by atoms with Gasteiger partial charge in [0.25, 0.3) is 0 Å². The maximum atomic E-state index is 11.0. The summed E-state index contributed by atoms with van der Waals surface area (Å²) in [5.74, 6) is -0.836. The molecule has 0 aromatic heterocycles. The average Bonchev–Trinajstić information content (AvgIpc) is 2.34. The summed E-state index contributed by atoms with van der Waals surface area (Å²) < 4.78 is 0. The summed E-state index contributed by atoms with van der Waals surface area (Å²) in [5, 5.41) is 10.2. The van der Waals surface area contributed by atoms with Gasteiger partial charge in [0.05, 0.1) is 6.54 Å². The number of hydrogen-bond acceptors (Lipinski definition) is 2. The molecule has 3 nitrogen and oxygen atoms in total. The van der Waals surface area contributed by atoms with Crippen LogP contribution in [0.3, 0.4) is 0 Å². The van der Waals surface area contributed by atoms with E-state index >= 15 is 0 Å². The first kappa shape index (κ1) is 16.3. The molecule has 0 aliphatic rings. The van der Waals surface area contributed by atoms with E-state index in [1.807, 2.05) is 31.7 Å². The second kappa shape index (κ2) is 7.13. The monoisotopic (exact) mass is 303 g/mol. The van der Waals surface area contributed by atoms with Gasteiger partial charge < -0.3 is 5.11 Å². The molecule has 1 aromatic rings. The van der Waals surface area contributed by atoms with Crippen molar-refractivity contribution in [3.05, 3.63) is 33.8 Å². The lowest BCUT2D eigenvalue weighted by atomic mass is 10.0. The number of carboxylic acid groups (broad SMARTS) is 1. The van der Waals surface area contributed by atoms with Crippen LogP contribution in [0.4, 0.5) is 0 Å². The van der Waals surface area contributed by atoms with E-state index in [0.717, 1.165) is 12.0 Å². The molecule has 0 radical (unpaired) electrons. The maximum Gasteiger partial charge on any atom is 0.317 e. The van der Waals surface area contributed by atoms with Crippen LogP contribution in [0, 0.1) is 0 Å². The maximum absolute atomic E-state index is 11.0. The SMILES string of the molecule is CCC(C)N(CC(=O)O)C(C)c1ccc(Cl)cc1Cl. The predicted octanol–water partition coefficient (Wildman–Crippen LogP) is 4.24. The minimum absolute atomic E-state index is 0.00483. The van der Waals surface area contributed by atoms with Crippen LogP contribution >= 0.6 is 23.2 Å². The molecule has 0 saturated carbocycles. The lowest BCUT2D eigenvalue weighted by Crippen LogP contribution is -2.39. The number of rotatable bonds is 6. The first-order chi connectivity index (χ1) is 8.86. The Morgan fingerprint density at radius 2 is 2.00 bits per heavy atom. The van der Waals surface area contributed by atoms with Gasteiger partial charge in [-0.2, -0.15) is 0 Å². The predicted molar refractivity (Wildman–Crippen MR) is 79.0 cm³/mol. The van der Waals surface area contributed by atoms with Gasteiger partial charge >= 0.3 is 5.97 Å². The Labute approximate surface area is 124 Å². The Hall–Kier alpha value is -0.770. The molecule has 1 aromatic carbocycles. The molecule has 0 aliphatic heterocycles. The van der Waals surface area contributed by atoms with Gasteiger partial charge in [0, 0.05) is 22.1 Å². The van der Waals surface area contributed by atoms with Crippen LogP contribution in [-0.2, 0) is 4.79 Å². The Bertz CT molecular complexity index is 451. The Kier molecular flexibility index (Phi) is 6.11. The second-order valence-corrected chi connectivity index (χ2v) is 5.51. The van der Waals surface area contributed by atoms with Gasteiger partial charge in [-0.15, -0.1) is 0 Å². The summed E-state index contributed by atoms with van der Waals surface area (Å²) in [6.45, 7) is 6.01. The van der Waals surface area contributed by atoms with Crippen molar-refractivity contribution in [1.82, 2.24) is 4.90 Å². The van der Waals surface area contributed by atoms with Crippen molar-refractivity contribution < 1.29 is 9.90 Å². The number of aliphatic carboxylic acids is 1. The first-order valence-electron chi connectivity index (χ1n) is 6.29. The first-order valence-corrected chi connectivity index (χ1v) is 7.04. The summed E-state index contributed by atoms with van der Waals surface area (Å²) in [6, 6.07) is 5.40. The minimum atomic E-state index is -0.836. The molecule has 1 N–H and O–H groups in total. The third-order valence-corrected chi connectivity index (χ3v) is 3.95. The summed E-state index contributed by atoms with van der Waals surface area (Å²) >= 11 is 12.1. The van der Waals surface area contributed by atoms with Crippen molar-refractivity contribution in [1.29, 1.82) is 0 Å². The van der Waals surface area contributed by atoms with Crippen molar-refractivity contribution >= 4 is 29.2 Å². The van der Waals surface area contributed by atoms with Crippen LogP contribution in [0.25, 0.3) is 0 Å². The zero-order valence-electron chi connectivity index (χ0n) is 11.4. The Morgan fingerprint density at radius 3 is 2.47 bits per heavy atom. The van der Waals surface area contributed by atoms with Gasteiger partial charge in [0.15, 0.2) is 0 Å². The molecular weight excluding hydrogens is 285 g/mol. The van der Waals surface area contributed by atoms with Crippen molar-refractivity contribution in [3.8, 4) is 0 Å². The van der Waals surface area contributed by atoms with E-state index < -0.39 is 5.97 Å². The highest BCUT2D eigenvalue weighted by molar-refractivity contribution is 6.35. The van der Waals surface area contributed by atoms with Crippen molar-refractivity contribution in [2.24, 2.45) is 0 Å². The number of benzene rings is 1. The van der Waals surface area contributed by atoms with Gasteiger partial charge in [-0.3, -0.25) is 9.69 Å². The standard InChI is InChI=1S/C14H19Cl2NO2/c1-4-9(2)17(8-14(18)19)10(3)12-6-5-11(15)7-13(12)16/h5-7,9-10H,4,8H2,1-3H3,(H,18,19). The molecule has 2 atom stereocenters. The van der Waals surface area contributed by atoms with Crippen LogP contribution < -0.4 is 0 Å². The van der Waals surface area contributed by atoms with Gasteiger partial charge in [-0.1, -0.05) is 36.2 Å². The summed E-state index contributed by atoms with van der Waals surface area (Å²) in [6.07, 6.45) is 0.878. The van der Waals surface area contributed by atoms with E-state index in [4.69, 9.17) is 28.3 Å². The van der Waals surface area contributed by atoms with E-state index in [1.54, 1.807) is 12.1 Å². The average molecular weight is 304 g/mol. The zero-order chi connectivity index (χ0) is 14.6. The second-order valence-electron chi connectivity index (χ2n) is 4.67. The van der Waals surface area contributed by atoms with Gasteiger partial charge in [0.1, 0.15) is 0 Å². The zero-order valence-corrected chi connectivity index (χ0v) is 12.9. The van der Waals surface area contributed by atoms with Crippen LogP contribution in [0.5, 0.6) is 0 Å².